The summed E-state index contributed by atoms with van der Waals surface area (Å²) in [5.41, 5.74) is 1.14. The molecule has 0 spiro atoms. The molecule has 0 unspecified atom stereocenters. The zero-order valence-corrected chi connectivity index (χ0v) is 15.1. The standard InChI is InChI=1S/C19H28N2O4/c1-3-24-19(23)16-7-5-10-21(13-16)14-18(22)20-9-11-25-17-8-4-6-15(2)12-17/h4,6,8,12,16H,3,5,7,9-11,13-14H2,1-2H3,(H,20,22)/t16-/m0/s1. The number of amides is 1. The molecule has 0 bridgehead atoms. The van der Waals surface area contributed by atoms with Crippen molar-refractivity contribution in [1.29, 1.82) is 0 Å². The highest BCUT2D eigenvalue weighted by molar-refractivity contribution is 5.78. The van der Waals surface area contributed by atoms with E-state index in [1.165, 1.54) is 0 Å². The highest BCUT2D eigenvalue weighted by Gasteiger charge is 2.27. The van der Waals surface area contributed by atoms with Gasteiger partial charge in [0.25, 0.3) is 0 Å². The van der Waals surface area contributed by atoms with Gasteiger partial charge in [0.15, 0.2) is 0 Å². The second kappa shape index (κ2) is 10.0. The van der Waals surface area contributed by atoms with Crippen LogP contribution in [0.5, 0.6) is 5.75 Å². The van der Waals surface area contributed by atoms with Crippen molar-refractivity contribution >= 4 is 11.9 Å². The Labute approximate surface area is 149 Å². The maximum Gasteiger partial charge on any atom is 0.310 e. The van der Waals surface area contributed by atoms with Crippen LogP contribution in [0.4, 0.5) is 0 Å². The van der Waals surface area contributed by atoms with Crippen LogP contribution < -0.4 is 10.1 Å². The number of carbonyl (C=O) groups is 2. The van der Waals surface area contributed by atoms with E-state index in [-0.39, 0.29) is 17.8 Å². The van der Waals surface area contributed by atoms with Crippen molar-refractivity contribution in [2.75, 3.05) is 39.4 Å². The molecule has 0 aromatic heterocycles. The first-order valence-electron chi connectivity index (χ1n) is 8.93. The predicted molar refractivity (Wildman–Crippen MR) is 95.5 cm³/mol. The molecule has 1 aliphatic rings. The molecule has 1 amide bonds. The van der Waals surface area contributed by atoms with E-state index in [0.717, 1.165) is 30.7 Å². The molecule has 6 heteroatoms. The Bertz CT molecular complexity index is 576. The predicted octanol–water partition coefficient (Wildman–Crippen LogP) is 1.77. The zero-order valence-electron chi connectivity index (χ0n) is 15.1. The van der Waals surface area contributed by atoms with Crippen LogP contribution >= 0.6 is 0 Å². The fraction of sp³-hybridized carbons (Fsp3) is 0.579. The van der Waals surface area contributed by atoms with E-state index >= 15 is 0 Å². The molecule has 1 aromatic rings. The summed E-state index contributed by atoms with van der Waals surface area (Å²) >= 11 is 0. The highest BCUT2D eigenvalue weighted by atomic mass is 16.5. The SMILES string of the molecule is CCOC(=O)[C@H]1CCCN(CC(=O)NCCOc2cccc(C)c2)C1. The third-order valence-corrected chi connectivity index (χ3v) is 4.18. The van der Waals surface area contributed by atoms with Crippen molar-refractivity contribution < 1.29 is 19.1 Å². The van der Waals surface area contributed by atoms with E-state index in [1.807, 2.05) is 43.0 Å². The molecule has 0 saturated carbocycles. The third kappa shape index (κ3) is 6.74. The normalized spacial score (nSPS) is 17.8. The molecule has 1 saturated heterocycles. The number of nitrogens with one attached hydrogen (secondary N) is 1. The van der Waals surface area contributed by atoms with Gasteiger partial charge >= 0.3 is 5.97 Å². The summed E-state index contributed by atoms with van der Waals surface area (Å²) in [6.45, 7) is 6.84. The van der Waals surface area contributed by atoms with Crippen LogP contribution in [-0.2, 0) is 14.3 Å². The topological polar surface area (TPSA) is 67.9 Å². The highest BCUT2D eigenvalue weighted by Crippen LogP contribution is 2.17. The van der Waals surface area contributed by atoms with Gasteiger partial charge in [-0.2, -0.15) is 0 Å². The first-order valence-corrected chi connectivity index (χ1v) is 8.93. The zero-order chi connectivity index (χ0) is 18.1. The fourth-order valence-corrected chi connectivity index (χ4v) is 2.98. The Morgan fingerprint density at radius 2 is 2.20 bits per heavy atom. The number of nitrogens with zero attached hydrogens (tertiary/aromatic N) is 1. The Hall–Kier alpha value is -2.08. The van der Waals surface area contributed by atoms with Crippen molar-refractivity contribution in [2.45, 2.75) is 26.7 Å². The largest absolute Gasteiger partial charge is 0.492 e. The minimum absolute atomic E-state index is 0.0441. The Kier molecular flexibility index (Phi) is 7.73. The summed E-state index contributed by atoms with van der Waals surface area (Å²) in [6, 6.07) is 7.82. The van der Waals surface area contributed by atoms with Crippen LogP contribution in [0.3, 0.4) is 0 Å². The molecule has 6 nitrogen and oxygen atoms in total. The van der Waals surface area contributed by atoms with Crippen molar-refractivity contribution in [1.82, 2.24) is 10.2 Å². The lowest BCUT2D eigenvalue weighted by molar-refractivity contribution is -0.150. The van der Waals surface area contributed by atoms with Gasteiger partial charge in [0.1, 0.15) is 12.4 Å². The van der Waals surface area contributed by atoms with E-state index in [9.17, 15) is 9.59 Å². The number of piperidine rings is 1. The molecule has 1 heterocycles. The summed E-state index contributed by atoms with van der Waals surface area (Å²) in [6.07, 6.45) is 1.74. The molecular weight excluding hydrogens is 320 g/mol. The lowest BCUT2D eigenvalue weighted by Gasteiger charge is -2.30. The van der Waals surface area contributed by atoms with E-state index < -0.39 is 0 Å². The first-order chi connectivity index (χ1) is 12.1. The monoisotopic (exact) mass is 348 g/mol. The maximum absolute atomic E-state index is 12.1. The second-order valence-corrected chi connectivity index (χ2v) is 6.34. The van der Waals surface area contributed by atoms with Crippen LogP contribution in [0.25, 0.3) is 0 Å². The van der Waals surface area contributed by atoms with Crippen LogP contribution in [0.1, 0.15) is 25.3 Å². The number of likely N-dealkylation sites (tertiary alicyclic amines) is 1. The average Bonchev–Trinajstić information content (AvgIpc) is 2.59. The number of esters is 1. The van der Waals surface area contributed by atoms with E-state index in [2.05, 4.69) is 5.32 Å². The first kappa shape index (κ1) is 19.2. The van der Waals surface area contributed by atoms with Gasteiger partial charge < -0.3 is 14.8 Å². The minimum Gasteiger partial charge on any atom is -0.492 e. The van der Waals surface area contributed by atoms with Gasteiger partial charge in [0, 0.05) is 6.54 Å². The van der Waals surface area contributed by atoms with Gasteiger partial charge in [0.2, 0.25) is 5.91 Å². The molecule has 0 radical (unpaired) electrons. The molecule has 1 aliphatic heterocycles. The summed E-state index contributed by atoms with van der Waals surface area (Å²) in [5.74, 6) is 0.491. The van der Waals surface area contributed by atoms with Crippen LogP contribution in [0.15, 0.2) is 24.3 Å². The van der Waals surface area contributed by atoms with Crippen molar-refractivity contribution in [3.8, 4) is 5.75 Å². The molecule has 0 aliphatic carbocycles. The van der Waals surface area contributed by atoms with Gasteiger partial charge in [-0.3, -0.25) is 14.5 Å². The van der Waals surface area contributed by atoms with E-state index in [0.29, 0.717) is 32.8 Å². The molecular formula is C19H28N2O4. The Morgan fingerprint density at radius 3 is 2.96 bits per heavy atom. The van der Waals surface area contributed by atoms with Crippen molar-refractivity contribution in [3.05, 3.63) is 29.8 Å². The van der Waals surface area contributed by atoms with E-state index in [1.54, 1.807) is 0 Å². The molecule has 1 fully saturated rings. The van der Waals surface area contributed by atoms with Crippen LogP contribution in [0, 0.1) is 12.8 Å². The number of ether oxygens (including phenoxy) is 2. The molecule has 1 atom stereocenters. The average molecular weight is 348 g/mol. The smallest absolute Gasteiger partial charge is 0.310 e. The van der Waals surface area contributed by atoms with Crippen LogP contribution in [0.2, 0.25) is 0 Å². The number of hydrogen-bond acceptors (Lipinski definition) is 5. The molecule has 1 N–H and O–H groups in total. The van der Waals surface area contributed by atoms with Gasteiger partial charge in [-0.15, -0.1) is 0 Å². The minimum atomic E-state index is -0.154. The Morgan fingerprint density at radius 1 is 1.36 bits per heavy atom. The number of carbonyl (C=O) groups excluding carboxylic acids is 2. The summed E-state index contributed by atoms with van der Waals surface area (Å²) in [7, 11) is 0. The number of hydrogen-bond donors (Lipinski definition) is 1. The van der Waals surface area contributed by atoms with Crippen LogP contribution in [-0.4, -0.2) is 56.2 Å². The number of benzene rings is 1. The van der Waals surface area contributed by atoms with Gasteiger partial charge in [-0.05, 0) is 50.9 Å². The fourth-order valence-electron chi connectivity index (χ4n) is 2.98. The summed E-state index contributed by atoms with van der Waals surface area (Å²) in [5, 5.41) is 2.86. The van der Waals surface area contributed by atoms with Crippen molar-refractivity contribution in [3.63, 3.8) is 0 Å². The maximum atomic E-state index is 12.1. The summed E-state index contributed by atoms with van der Waals surface area (Å²) in [4.78, 5) is 25.9. The second-order valence-electron chi connectivity index (χ2n) is 6.34. The molecule has 138 valence electrons. The number of aryl methyl sites for hydroxylation is 1. The molecule has 2 rings (SSSR count). The molecule has 1 aromatic carbocycles. The quantitative estimate of drug-likeness (QED) is 0.573. The van der Waals surface area contributed by atoms with Crippen molar-refractivity contribution in [2.24, 2.45) is 5.92 Å². The lowest BCUT2D eigenvalue weighted by Crippen LogP contribution is -2.45. The number of rotatable bonds is 8. The Balaban J connectivity index is 1.65. The molecule has 25 heavy (non-hydrogen) atoms. The van der Waals surface area contributed by atoms with Gasteiger partial charge in [0.05, 0.1) is 25.6 Å². The summed E-state index contributed by atoms with van der Waals surface area (Å²) < 4.78 is 10.7. The third-order valence-electron chi connectivity index (χ3n) is 4.18. The van der Waals surface area contributed by atoms with Gasteiger partial charge in [-0.1, -0.05) is 12.1 Å². The van der Waals surface area contributed by atoms with E-state index in [4.69, 9.17) is 9.47 Å². The van der Waals surface area contributed by atoms with Gasteiger partial charge in [-0.25, -0.2) is 0 Å². The lowest BCUT2D eigenvalue weighted by atomic mass is 9.98.